The molecular formula is C17H24N6O. The molecule has 2 heterocycles. The second kappa shape index (κ2) is 7.42. The number of nitrogens with zero attached hydrogens (tertiary/aromatic N) is 6. The Labute approximate surface area is 142 Å². The molecule has 7 nitrogen and oxygen atoms in total. The maximum atomic E-state index is 12.5. The van der Waals surface area contributed by atoms with Crippen LogP contribution >= 0.6 is 0 Å². The van der Waals surface area contributed by atoms with Crippen molar-refractivity contribution in [1.82, 2.24) is 25.1 Å². The lowest BCUT2D eigenvalue weighted by molar-refractivity contribution is -0.133. The quantitative estimate of drug-likeness (QED) is 0.832. The van der Waals surface area contributed by atoms with Gasteiger partial charge in [-0.2, -0.15) is 0 Å². The minimum Gasteiger partial charge on any atom is -0.367 e. The van der Waals surface area contributed by atoms with Crippen LogP contribution < -0.4 is 4.90 Å². The molecule has 2 aromatic rings. The third kappa shape index (κ3) is 3.72. The van der Waals surface area contributed by atoms with E-state index in [1.165, 1.54) is 11.3 Å². The Bertz CT molecular complexity index is 671. The fraction of sp³-hybridized carbons (Fsp3) is 0.529. The normalized spacial score (nSPS) is 18.0. The first kappa shape index (κ1) is 16.4. The summed E-state index contributed by atoms with van der Waals surface area (Å²) in [6, 6.07) is 8.65. The van der Waals surface area contributed by atoms with Crippen molar-refractivity contribution in [1.29, 1.82) is 0 Å². The topological polar surface area (TPSA) is 67.2 Å². The number of amides is 1. The lowest BCUT2D eigenvalue weighted by Crippen LogP contribution is -2.54. The minimum absolute atomic E-state index is 0.221. The van der Waals surface area contributed by atoms with Gasteiger partial charge in [0.1, 0.15) is 6.33 Å². The molecule has 3 rings (SSSR count). The van der Waals surface area contributed by atoms with Gasteiger partial charge in [-0.1, -0.05) is 18.2 Å². The zero-order valence-electron chi connectivity index (χ0n) is 14.3. The van der Waals surface area contributed by atoms with Gasteiger partial charge in [0.15, 0.2) is 0 Å². The molecule has 7 heteroatoms. The van der Waals surface area contributed by atoms with Crippen molar-refractivity contribution in [3.63, 3.8) is 0 Å². The molecule has 1 aromatic carbocycles. The lowest BCUT2D eigenvalue weighted by atomic mass is 10.1. The summed E-state index contributed by atoms with van der Waals surface area (Å²) in [5.41, 5.74) is 2.56. The van der Waals surface area contributed by atoms with Crippen molar-refractivity contribution >= 4 is 11.6 Å². The van der Waals surface area contributed by atoms with Gasteiger partial charge >= 0.3 is 0 Å². The number of carbonyl (C=O) groups excluding carboxylic acids is 1. The van der Waals surface area contributed by atoms with Crippen molar-refractivity contribution in [3.8, 4) is 0 Å². The van der Waals surface area contributed by atoms with Crippen LogP contribution in [-0.2, 0) is 11.3 Å². The summed E-state index contributed by atoms with van der Waals surface area (Å²) in [6.45, 7) is 7.48. The largest absolute Gasteiger partial charge is 0.367 e. The maximum Gasteiger partial charge on any atom is 0.222 e. The van der Waals surface area contributed by atoms with Gasteiger partial charge in [-0.25, -0.2) is 4.68 Å². The highest BCUT2D eigenvalue weighted by Crippen LogP contribution is 2.23. The van der Waals surface area contributed by atoms with Gasteiger partial charge < -0.3 is 9.80 Å². The van der Waals surface area contributed by atoms with Crippen molar-refractivity contribution in [2.45, 2.75) is 39.3 Å². The van der Waals surface area contributed by atoms with Crippen LogP contribution in [0.3, 0.4) is 0 Å². The molecule has 128 valence electrons. The number of piperazine rings is 1. The molecule has 1 amide bonds. The molecule has 1 atom stereocenters. The van der Waals surface area contributed by atoms with Crippen molar-refractivity contribution < 1.29 is 4.79 Å². The predicted octanol–water partition coefficient (Wildman–Crippen LogP) is 1.50. The molecule has 1 aromatic heterocycles. The van der Waals surface area contributed by atoms with Crippen LogP contribution in [0, 0.1) is 6.92 Å². The number of hydrogen-bond donors (Lipinski definition) is 0. The summed E-state index contributed by atoms with van der Waals surface area (Å²) >= 11 is 0. The van der Waals surface area contributed by atoms with Gasteiger partial charge in [-0.15, -0.1) is 5.10 Å². The number of tetrazole rings is 1. The van der Waals surface area contributed by atoms with Gasteiger partial charge in [0.05, 0.1) is 0 Å². The Morgan fingerprint density at radius 3 is 2.83 bits per heavy atom. The molecule has 0 bridgehead atoms. The summed E-state index contributed by atoms with van der Waals surface area (Å²) in [6.07, 6.45) is 2.87. The van der Waals surface area contributed by atoms with Gasteiger partial charge in [0.25, 0.3) is 0 Å². The Morgan fingerprint density at radius 1 is 1.29 bits per heavy atom. The molecule has 0 spiro atoms. The zero-order valence-corrected chi connectivity index (χ0v) is 14.3. The third-order valence-electron chi connectivity index (χ3n) is 4.57. The predicted molar refractivity (Wildman–Crippen MR) is 91.6 cm³/mol. The number of aryl methyl sites for hydroxylation is 2. The van der Waals surface area contributed by atoms with Crippen LogP contribution in [0.15, 0.2) is 30.6 Å². The average molecular weight is 328 g/mol. The molecule has 1 aliphatic rings. The van der Waals surface area contributed by atoms with E-state index in [0.717, 1.165) is 26.1 Å². The van der Waals surface area contributed by atoms with E-state index in [4.69, 9.17) is 0 Å². The summed E-state index contributed by atoms with van der Waals surface area (Å²) in [5, 5.41) is 11.0. The average Bonchev–Trinajstić information content (AvgIpc) is 3.08. The monoisotopic (exact) mass is 328 g/mol. The van der Waals surface area contributed by atoms with Crippen molar-refractivity contribution in [2.24, 2.45) is 0 Å². The maximum absolute atomic E-state index is 12.5. The van der Waals surface area contributed by atoms with E-state index in [9.17, 15) is 4.79 Å². The first-order valence-electron chi connectivity index (χ1n) is 8.46. The smallest absolute Gasteiger partial charge is 0.222 e. The SMILES string of the molecule is Cc1ccccc1N1CCN(C(=O)CCCn2cnnn2)C(C)C1. The van der Waals surface area contributed by atoms with Crippen LogP contribution in [-0.4, -0.2) is 56.7 Å². The standard InChI is InChI=1S/C17H24N6O/c1-14-6-3-4-7-16(14)21-10-11-23(15(2)12-21)17(24)8-5-9-22-13-18-19-20-22/h3-4,6-7,13,15H,5,8-12H2,1-2H3. The van der Waals surface area contributed by atoms with Crippen molar-refractivity contribution in [2.75, 3.05) is 24.5 Å². The molecule has 1 fully saturated rings. The molecule has 1 aliphatic heterocycles. The first-order chi connectivity index (χ1) is 11.6. The Kier molecular flexibility index (Phi) is 5.08. The molecule has 0 N–H and O–H groups in total. The summed E-state index contributed by atoms with van der Waals surface area (Å²) in [5.74, 6) is 0.222. The van der Waals surface area contributed by atoms with E-state index in [0.29, 0.717) is 13.0 Å². The number of anilines is 1. The lowest BCUT2D eigenvalue weighted by Gasteiger charge is -2.41. The fourth-order valence-electron chi connectivity index (χ4n) is 3.28. The molecule has 0 aliphatic carbocycles. The second-order valence-corrected chi connectivity index (χ2v) is 6.35. The van der Waals surface area contributed by atoms with Crippen molar-refractivity contribution in [3.05, 3.63) is 36.2 Å². The molecule has 0 saturated carbocycles. The highest BCUT2D eigenvalue weighted by atomic mass is 16.2. The van der Waals surface area contributed by atoms with Crippen LogP contribution in [0.1, 0.15) is 25.3 Å². The number of rotatable bonds is 5. The van der Waals surface area contributed by atoms with E-state index < -0.39 is 0 Å². The number of aromatic nitrogens is 4. The van der Waals surface area contributed by atoms with Crippen LogP contribution in [0.2, 0.25) is 0 Å². The van der Waals surface area contributed by atoms with E-state index in [-0.39, 0.29) is 11.9 Å². The Morgan fingerprint density at radius 2 is 2.12 bits per heavy atom. The molecule has 1 saturated heterocycles. The van der Waals surface area contributed by atoms with E-state index in [1.54, 1.807) is 11.0 Å². The highest BCUT2D eigenvalue weighted by molar-refractivity contribution is 5.77. The number of para-hydroxylation sites is 1. The molecular weight excluding hydrogens is 304 g/mol. The highest BCUT2D eigenvalue weighted by Gasteiger charge is 2.27. The van der Waals surface area contributed by atoms with Crippen LogP contribution in [0.5, 0.6) is 0 Å². The molecule has 0 radical (unpaired) electrons. The summed E-state index contributed by atoms with van der Waals surface area (Å²) in [4.78, 5) is 16.9. The van der Waals surface area contributed by atoms with Gasteiger partial charge in [-0.05, 0) is 42.3 Å². The van der Waals surface area contributed by atoms with Gasteiger partial charge in [-0.3, -0.25) is 4.79 Å². The van der Waals surface area contributed by atoms with Crippen LogP contribution in [0.4, 0.5) is 5.69 Å². The minimum atomic E-state index is 0.221. The first-order valence-corrected chi connectivity index (χ1v) is 8.46. The second-order valence-electron chi connectivity index (χ2n) is 6.35. The molecule has 1 unspecified atom stereocenters. The number of benzene rings is 1. The fourth-order valence-corrected chi connectivity index (χ4v) is 3.28. The van der Waals surface area contributed by atoms with Gasteiger partial charge in [0, 0.05) is 44.3 Å². The number of hydrogen-bond acceptors (Lipinski definition) is 5. The third-order valence-corrected chi connectivity index (χ3v) is 4.57. The van der Waals surface area contributed by atoms with E-state index in [1.807, 2.05) is 4.90 Å². The number of carbonyl (C=O) groups is 1. The Hall–Kier alpha value is -2.44. The Balaban J connectivity index is 1.51. The molecule has 24 heavy (non-hydrogen) atoms. The van der Waals surface area contributed by atoms with Gasteiger partial charge in [0.2, 0.25) is 5.91 Å². The summed E-state index contributed by atoms with van der Waals surface area (Å²) < 4.78 is 1.66. The summed E-state index contributed by atoms with van der Waals surface area (Å²) in [7, 11) is 0. The zero-order chi connectivity index (χ0) is 16.9. The van der Waals surface area contributed by atoms with E-state index in [2.05, 4.69) is 58.5 Å². The van der Waals surface area contributed by atoms with Crippen LogP contribution in [0.25, 0.3) is 0 Å². The van der Waals surface area contributed by atoms with E-state index >= 15 is 0 Å².